The minimum Gasteiger partial charge on any atom is -0.337 e. The Bertz CT molecular complexity index is 1190. The number of nitrogens with one attached hydrogen (secondary N) is 1. The molecule has 0 saturated carbocycles. The van der Waals surface area contributed by atoms with Gasteiger partial charge in [0.15, 0.2) is 0 Å². The molecule has 3 rings (SSSR count). The van der Waals surface area contributed by atoms with Crippen LogP contribution in [0.5, 0.6) is 0 Å². The number of aromatic nitrogens is 2. The number of fused-ring (bicyclic) bond motifs is 1. The fourth-order valence-electron chi connectivity index (χ4n) is 3.65. The van der Waals surface area contributed by atoms with Crippen LogP contribution in [0.15, 0.2) is 42.2 Å². The van der Waals surface area contributed by atoms with Crippen molar-refractivity contribution in [2.75, 3.05) is 17.5 Å². The fourth-order valence-corrected chi connectivity index (χ4v) is 4.21. The molecule has 154 valence electrons. The maximum atomic E-state index is 14.3. The summed E-state index contributed by atoms with van der Waals surface area (Å²) in [5, 5.41) is 0.835. The third kappa shape index (κ3) is 4.65. The van der Waals surface area contributed by atoms with Gasteiger partial charge in [0.1, 0.15) is 5.83 Å². The van der Waals surface area contributed by atoms with E-state index in [1.165, 1.54) is 6.08 Å². The van der Waals surface area contributed by atoms with Crippen molar-refractivity contribution in [2.45, 2.75) is 27.3 Å². The van der Waals surface area contributed by atoms with Gasteiger partial charge in [-0.1, -0.05) is 0 Å². The van der Waals surface area contributed by atoms with E-state index in [9.17, 15) is 12.8 Å². The summed E-state index contributed by atoms with van der Waals surface area (Å²) in [6, 6.07) is 9.21. The zero-order valence-electron chi connectivity index (χ0n) is 17.0. The van der Waals surface area contributed by atoms with E-state index in [0.717, 1.165) is 45.4 Å². The van der Waals surface area contributed by atoms with Gasteiger partial charge in [0, 0.05) is 45.8 Å². The van der Waals surface area contributed by atoms with E-state index >= 15 is 0 Å². The third-order valence-corrected chi connectivity index (χ3v) is 5.25. The van der Waals surface area contributed by atoms with Gasteiger partial charge in [-0.05, 0) is 62.7 Å². The number of hydrogen-bond acceptors (Lipinski definition) is 4. The number of nitrogens with two attached hydrogens (primary N) is 1. The number of anilines is 1. The molecule has 1 aromatic carbocycles. The lowest BCUT2D eigenvalue weighted by molar-refractivity contribution is 0.555. The standard InChI is InChI=1S/C21H25FN4O2S/c1-13-9-16(10-14(2)24-13)21-15(3)26(12-17(22)7-8-23)20-6-5-18(11-19(20)21)25-29(4,27)28/h5-7,9-11,25H,8,12,23H2,1-4H3. The minimum absolute atomic E-state index is 0.0570. The summed E-state index contributed by atoms with van der Waals surface area (Å²) >= 11 is 0. The molecule has 0 fully saturated rings. The topological polar surface area (TPSA) is 90.0 Å². The van der Waals surface area contributed by atoms with Crippen LogP contribution in [-0.4, -0.2) is 30.8 Å². The number of rotatable bonds is 6. The zero-order chi connectivity index (χ0) is 21.3. The van der Waals surface area contributed by atoms with Crippen molar-refractivity contribution in [1.82, 2.24) is 9.55 Å². The lowest BCUT2D eigenvalue weighted by Gasteiger charge is -2.08. The lowest BCUT2D eigenvalue weighted by atomic mass is 10.0. The highest BCUT2D eigenvalue weighted by Crippen LogP contribution is 2.37. The lowest BCUT2D eigenvalue weighted by Crippen LogP contribution is -2.09. The van der Waals surface area contributed by atoms with Crippen molar-refractivity contribution >= 4 is 26.6 Å². The molecule has 0 aliphatic heterocycles. The van der Waals surface area contributed by atoms with Crippen LogP contribution in [0.2, 0.25) is 0 Å². The van der Waals surface area contributed by atoms with Crippen LogP contribution < -0.4 is 10.5 Å². The number of sulfonamides is 1. The summed E-state index contributed by atoms with van der Waals surface area (Å²) in [6.07, 6.45) is 2.46. The van der Waals surface area contributed by atoms with Crippen LogP contribution in [-0.2, 0) is 16.6 Å². The highest BCUT2D eigenvalue weighted by Gasteiger charge is 2.18. The first kappa shape index (κ1) is 21.0. The van der Waals surface area contributed by atoms with E-state index in [4.69, 9.17) is 5.73 Å². The van der Waals surface area contributed by atoms with Crippen molar-refractivity contribution in [3.8, 4) is 11.1 Å². The smallest absolute Gasteiger partial charge is 0.229 e. The van der Waals surface area contributed by atoms with E-state index < -0.39 is 10.0 Å². The van der Waals surface area contributed by atoms with Gasteiger partial charge in [-0.2, -0.15) is 0 Å². The van der Waals surface area contributed by atoms with Crippen LogP contribution in [0.3, 0.4) is 0 Å². The van der Waals surface area contributed by atoms with Gasteiger partial charge < -0.3 is 10.3 Å². The van der Waals surface area contributed by atoms with E-state index in [1.807, 2.05) is 37.5 Å². The summed E-state index contributed by atoms with van der Waals surface area (Å²) < 4.78 is 42.0. The van der Waals surface area contributed by atoms with Gasteiger partial charge in [0.05, 0.1) is 12.8 Å². The number of aryl methyl sites for hydroxylation is 2. The SMILES string of the molecule is Cc1cc(-c2c(C)n(CC(F)=CCN)c3ccc(NS(C)(=O)=O)cc23)cc(C)n1. The summed E-state index contributed by atoms with van der Waals surface area (Å²) in [7, 11) is -3.42. The Morgan fingerprint density at radius 3 is 2.45 bits per heavy atom. The molecule has 3 aromatic rings. The minimum atomic E-state index is -3.42. The number of pyridine rings is 1. The van der Waals surface area contributed by atoms with Crippen molar-refractivity contribution in [2.24, 2.45) is 5.73 Å². The van der Waals surface area contributed by atoms with Gasteiger partial charge in [-0.3, -0.25) is 9.71 Å². The summed E-state index contributed by atoms with van der Waals surface area (Å²) in [5.74, 6) is -0.320. The number of hydrogen-bond donors (Lipinski definition) is 2. The largest absolute Gasteiger partial charge is 0.337 e. The Kier molecular flexibility index (Phi) is 5.77. The Morgan fingerprint density at radius 1 is 1.21 bits per heavy atom. The Morgan fingerprint density at radius 2 is 1.86 bits per heavy atom. The molecular weight excluding hydrogens is 391 g/mol. The highest BCUT2D eigenvalue weighted by atomic mass is 32.2. The Labute approximate surface area is 170 Å². The van der Waals surface area contributed by atoms with Gasteiger partial charge in [-0.25, -0.2) is 12.8 Å². The predicted octanol–water partition coefficient (Wildman–Crippen LogP) is 3.81. The molecule has 29 heavy (non-hydrogen) atoms. The second-order valence-electron chi connectivity index (χ2n) is 7.18. The molecule has 2 heterocycles. The normalized spacial score (nSPS) is 12.6. The first-order valence-electron chi connectivity index (χ1n) is 9.20. The molecule has 0 amide bonds. The molecule has 0 aliphatic rings. The van der Waals surface area contributed by atoms with Crippen LogP contribution in [0, 0.1) is 20.8 Å². The molecule has 0 bridgehead atoms. The monoisotopic (exact) mass is 416 g/mol. The summed E-state index contributed by atoms with van der Waals surface area (Å²) in [4.78, 5) is 4.43. The quantitative estimate of drug-likeness (QED) is 0.639. The third-order valence-electron chi connectivity index (χ3n) is 4.65. The molecule has 0 unspecified atom stereocenters. The second-order valence-corrected chi connectivity index (χ2v) is 8.93. The van der Waals surface area contributed by atoms with Crippen molar-refractivity contribution < 1.29 is 12.8 Å². The van der Waals surface area contributed by atoms with E-state index in [0.29, 0.717) is 5.69 Å². The maximum Gasteiger partial charge on any atom is 0.229 e. The number of halogens is 1. The number of allylic oxidation sites excluding steroid dienone is 1. The molecule has 6 nitrogen and oxygen atoms in total. The van der Waals surface area contributed by atoms with Crippen LogP contribution in [0.4, 0.5) is 10.1 Å². The highest BCUT2D eigenvalue weighted by molar-refractivity contribution is 7.92. The Balaban J connectivity index is 2.30. The average molecular weight is 417 g/mol. The molecule has 3 N–H and O–H groups in total. The molecule has 8 heteroatoms. The van der Waals surface area contributed by atoms with Crippen molar-refractivity contribution in [3.05, 3.63) is 59.3 Å². The van der Waals surface area contributed by atoms with E-state index in [-0.39, 0.29) is 18.9 Å². The Hall–Kier alpha value is -2.71. The zero-order valence-corrected chi connectivity index (χ0v) is 17.8. The molecule has 0 aliphatic carbocycles. The molecular formula is C21H25FN4O2S. The van der Waals surface area contributed by atoms with Gasteiger partial charge in [0.2, 0.25) is 10.0 Å². The first-order chi connectivity index (χ1) is 13.6. The predicted molar refractivity (Wildman–Crippen MR) is 116 cm³/mol. The summed E-state index contributed by atoms with van der Waals surface area (Å²) in [6.45, 7) is 5.96. The molecule has 0 spiro atoms. The van der Waals surface area contributed by atoms with Crippen LogP contribution in [0.25, 0.3) is 22.0 Å². The van der Waals surface area contributed by atoms with Gasteiger partial charge in [0.25, 0.3) is 0 Å². The number of benzene rings is 1. The van der Waals surface area contributed by atoms with Crippen molar-refractivity contribution in [1.29, 1.82) is 0 Å². The molecule has 2 aromatic heterocycles. The fraction of sp³-hybridized carbons (Fsp3) is 0.286. The maximum absolute atomic E-state index is 14.3. The molecule has 0 atom stereocenters. The summed E-state index contributed by atoms with van der Waals surface area (Å²) in [5.41, 5.74) is 11.2. The van der Waals surface area contributed by atoms with Crippen molar-refractivity contribution in [3.63, 3.8) is 0 Å². The average Bonchev–Trinajstić information content (AvgIpc) is 2.84. The second kappa shape index (κ2) is 7.96. The number of nitrogens with zero attached hydrogens (tertiary/aromatic N) is 2. The molecule has 0 radical (unpaired) electrons. The van der Waals surface area contributed by atoms with Crippen LogP contribution in [0.1, 0.15) is 17.1 Å². The van der Waals surface area contributed by atoms with Gasteiger partial charge >= 0.3 is 0 Å². The van der Waals surface area contributed by atoms with Crippen LogP contribution >= 0.6 is 0 Å². The molecule has 0 saturated heterocycles. The van der Waals surface area contributed by atoms with E-state index in [1.54, 1.807) is 18.2 Å². The van der Waals surface area contributed by atoms with E-state index in [2.05, 4.69) is 9.71 Å². The van der Waals surface area contributed by atoms with Gasteiger partial charge in [-0.15, -0.1) is 0 Å². The first-order valence-corrected chi connectivity index (χ1v) is 11.1.